The number of ether oxygens (including phenoxy) is 1. The van der Waals surface area contributed by atoms with E-state index >= 15 is 0 Å². The van der Waals surface area contributed by atoms with Crippen LogP contribution < -0.4 is 5.32 Å². The van der Waals surface area contributed by atoms with Gasteiger partial charge in [0.05, 0.1) is 12.2 Å². The van der Waals surface area contributed by atoms with Gasteiger partial charge >= 0.3 is 0 Å². The lowest BCUT2D eigenvalue weighted by Crippen LogP contribution is -2.39. The van der Waals surface area contributed by atoms with Crippen LogP contribution in [0.25, 0.3) is 0 Å². The molecule has 1 N–H and O–H groups in total. The Morgan fingerprint density at radius 2 is 1.94 bits per heavy atom. The summed E-state index contributed by atoms with van der Waals surface area (Å²) >= 11 is 0. The molecule has 0 aromatic rings. The van der Waals surface area contributed by atoms with Crippen LogP contribution in [0, 0.1) is 0 Å². The third-order valence-electron chi connectivity index (χ3n) is 3.26. The van der Waals surface area contributed by atoms with Crippen molar-refractivity contribution in [2.75, 3.05) is 26.7 Å². The molecule has 0 aliphatic carbocycles. The molecular formula is C13H28N2O. The maximum Gasteiger partial charge on any atom is 0.0700 e. The average Bonchev–Trinajstić information content (AvgIpc) is 2.26. The molecule has 1 heterocycles. The zero-order valence-corrected chi connectivity index (χ0v) is 11.3. The molecular weight excluding hydrogens is 200 g/mol. The van der Waals surface area contributed by atoms with E-state index in [-0.39, 0.29) is 0 Å². The monoisotopic (exact) mass is 228 g/mol. The molecule has 1 aliphatic heterocycles. The van der Waals surface area contributed by atoms with E-state index in [1.54, 1.807) is 0 Å². The van der Waals surface area contributed by atoms with Crippen LogP contribution in [0.15, 0.2) is 0 Å². The zero-order valence-electron chi connectivity index (χ0n) is 11.3. The summed E-state index contributed by atoms with van der Waals surface area (Å²) in [5, 5.41) is 3.46. The lowest BCUT2D eigenvalue weighted by atomic mass is 10.1. The molecule has 3 heteroatoms. The van der Waals surface area contributed by atoms with Gasteiger partial charge in [0.25, 0.3) is 0 Å². The second-order valence-corrected chi connectivity index (χ2v) is 5.23. The summed E-state index contributed by atoms with van der Waals surface area (Å²) in [7, 11) is 2.19. The van der Waals surface area contributed by atoms with E-state index in [4.69, 9.17) is 4.74 Å². The molecule has 3 nitrogen and oxygen atoms in total. The molecule has 96 valence electrons. The van der Waals surface area contributed by atoms with E-state index in [0.717, 1.165) is 13.0 Å². The summed E-state index contributed by atoms with van der Waals surface area (Å²) in [4.78, 5) is 2.38. The van der Waals surface area contributed by atoms with Crippen molar-refractivity contribution in [3.63, 3.8) is 0 Å². The Bertz CT molecular complexity index is 177. The Kier molecular flexibility index (Phi) is 6.32. The van der Waals surface area contributed by atoms with Gasteiger partial charge in [-0.3, -0.25) is 0 Å². The van der Waals surface area contributed by atoms with E-state index < -0.39 is 0 Å². The minimum atomic E-state index is 0.385. The summed E-state index contributed by atoms with van der Waals surface area (Å²) in [6.07, 6.45) is 4.35. The van der Waals surface area contributed by atoms with Crippen molar-refractivity contribution in [3.05, 3.63) is 0 Å². The van der Waals surface area contributed by atoms with Gasteiger partial charge in [-0.05, 0) is 26.3 Å². The molecule has 1 unspecified atom stereocenters. The number of rotatable bonds is 6. The maximum absolute atomic E-state index is 6.15. The van der Waals surface area contributed by atoms with Gasteiger partial charge in [0.1, 0.15) is 0 Å². The second-order valence-electron chi connectivity index (χ2n) is 5.23. The number of hydrogen-bond acceptors (Lipinski definition) is 3. The average molecular weight is 228 g/mol. The lowest BCUT2D eigenvalue weighted by Gasteiger charge is -2.32. The van der Waals surface area contributed by atoms with Crippen molar-refractivity contribution in [1.29, 1.82) is 0 Å². The number of likely N-dealkylation sites (tertiary alicyclic amines) is 1. The molecule has 0 spiro atoms. The van der Waals surface area contributed by atoms with Crippen LogP contribution in [0.4, 0.5) is 0 Å². The van der Waals surface area contributed by atoms with Gasteiger partial charge in [-0.2, -0.15) is 0 Å². The van der Waals surface area contributed by atoms with Crippen LogP contribution in [-0.4, -0.2) is 49.8 Å². The highest BCUT2D eigenvalue weighted by Gasteiger charge is 2.20. The molecule has 16 heavy (non-hydrogen) atoms. The molecule has 0 aromatic carbocycles. The third kappa shape index (κ3) is 5.28. The highest BCUT2D eigenvalue weighted by atomic mass is 16.5. The number of nitrogens with zero attached hydrogens (tertiary/aromatic N) is 1. The SMILES string of the molecule is CCC(CNC(C)C)OC1CCN(C)CC1. The molecule has 1 fully saturated rings. The summed E-state index contributed by atoms with van der Waals surface area (Å²) in [5.74, 6) is 0. The highest BCUT2D eigenvalue weighted by molar-refractivity contribution is 4.73. The first kappa shape index (κ1) is 13.9. The van der Waals surface area contributed by atoms with Gasteiger partial charge in [-0.25, -0.2) is 0 Å². The van der Waals surface area contributed by atoms with Crippen molar-refractivity contribution < 1.29 is 4.74 Å². The van der Waals surface area contributed by atoms with Gasteiger partial charge in [0, 0.05) is 25.7 Å². The predicted octanol–water partition coefficient (Wildman–Crippen LogP) is 1.87. The van der Waals surface area contributed by atoms with Crippen molar-refractivity contribution >= 4 is 0 Å². The van der Waals surface area contributed by atoms with Gasteiger partial charge in [-0.15, -0.1) is 0 Å². The Morgan fingerprint density at radius 3 is 2.44 bits per heavy atom. The summed E-state index contributed by atoms with van der Waals surface area (Å²) < 4.78 is 6.15. The first-order chi connectivity index (χ1) is 7.61. The van der Waals surface area contributed by atoms with Crippen LogP contribution in [0.2, 0.25) is 0 Å². The fraction of sp³-hybridized carbons (Fsp3) is 1.00. The van der Waals surface area contributed by atoms with E-state index in [1.165, 1.54) is 25.9 Å². The topological polar surface area (TPSA) is 24.5 Å². The minimum absolute atomic E-state index is 0.385. The van der Waals surface area contributed by atoms with E-state index in [2.05, 4.69) is 38.0 Å². The Labute approximate surface area is 101 Å². The van der Waals surface area contributed by atoms with Crippen molar-refractivity contribution in [3.8, 4) is 0 Å². The van der Waals surface area contributed by atoms with Crippen LogP contribution >= 0.6 is 0 Å². The Hall–Kier alpha value is -0.120. The molecule has 0 bridgehead atoms. The summed E-state index contributed by atoms with van der Waals surface area (Å²) in [6.45, 7) is 9.92. The van der Waals surface area contributed by atoms with Crippen LogP contribution in [-0.2, 0) is 4.74 Å². The molecule has 0 aromatic heterocycles. The Morgan fingerprint density at radius 1 is 1.31 bits per heavy atom. The fourth-order valence-electron chi connectivity index (χ4n) is 2.05. The number of hydrogen-bond donors (Lipinski definition) is 1. The van der Waals surface area contributed by atoms with Crippen molar-refractivity contribution in [2.45, 2.75) is 58.3 Å². The zero-order chi connectivity index (χ0) is 12.0. The fourth-order valence-corrected chi connectivity index (χ4v) is 2.05. The molecule has 1 rings (SSSR count). The molecule has 1 saturated heterocycles. The highest BCUT2D eigenvalue weighted by Crippen LogP contribution is 2.15. The smallest absolute Gasteiger partial charge is 0.0700 e. The summed E-state index contributed by atoms with van der Waals surface area (Å²) in [6, 6.07) is 0.551. The maximum atomic E-state index is 6.15. The van der Waals surface area contributed by atoms with Gasteiger partial charge in [0.15, 0.2) is 0 Å². The first-order valence-electron chi connectivity index (χ1n) is 6.69. The van der Waals surface area contributed by atoms with Gasteiger partial charge in [0.2, 0.25) is 0 Å². The van der Waals surface area contributed by atoms with E-state index in [1.807, 2.05) is 0 Å². The van der Waals surface area contributed by atoms with E-state index in [0.29, 0.717) is 18.2 Å². The summed E-state index contributed by atoms with van der Waals surface area (Å²) in [5.41, 5.74) is 0. The van der Waals surface area contributed by atoms with E-state index in [9.17, 15) is 0 Å². The van der Waals surface area contributed by atoms with Gasteiger partial charge < -0.3 is 15.0 Å². The number of piperidine rings is 1. The predicted molar refractivity (Wildman–Crippen MR) is 68.8 cm³/mol. The first-order valence-corrected chi connectivity index (χ1v) is 6.69. The normalized spacial score (nSPS) is 21.6. The van der Waals surface area contributed by atoms with Crippen LogP contribution in [0.1, 0.15) is 40.0 Å². The van der Waals surface area contributed by atoms with Crippen LogP contribution in [0.5, 0.6) is 0 Å². The number of nitrogens with one attached hydrogen (secondary N) is 1. The third-order valence-corrected chi connectivity index (χ3v) is 3.26. The largest absolute Gasteiger partial charge is 0.374 e. The standard InChI is InChI=1S/C13H28N2O/c1-5-12(10-14-11(2)3)16-13-6-8-15(4)9-7-13/h11-14H,5-10H2,1-4H3. The molecule has 0 amide bonds. The van der Waals surface area contributed by atoms with Crippen molar-refractivity contribution in [1.82, 2.24) is 10.2 Å². The molecule has 0 radical (unpaired) electrons. The van der Waals surface area contributed by atoms with Crippen molar-refractivity contribution in [2.24, 2.45) is 0 Å². The Balaban J connectivity index is 2.21. The van der Waals surface area contributed by atoms with Gasteiger partial charge in [-0.1, -0.05) is 20.8 Å². The van der Waals surface area contributed by atoms with Crippen LogP contribution in [0.3, 0.4) is 0 Å². The molecule has 1 aliphatic rings. The quantitative estimate of drug-likeness (QED) is 0.751. The lowest BCUT2D eigenvalue weighted by molar-refractivity contribution is -0.0404. The molecule has 1 atom stereocenters. The molecule has 0 saturated carbocycles. The second kappa shape index (κ2) is 7.25. The minimum Gasteiger partial charge on any atom is -0.374 e.